The molecule has 92 valence electrons. The van der Waals surface area contributed by atoms with Gasteiger partial charge in [-0.2, -0.15) is 0 Å². The summed E-state index contributed by atoms with van der Waals surface area (Å²) in [7, 11) is -2.49. The van der Waals surface area contributed by atoms with Crippen molar-refractivity contribution in [3.63, 3.8) is 0 Å². The Morgan fingerprint density at radius 2 is 2.18 bits per heavy atom. The summed E-state index contributed by atoms with van der Waals surface area (Å²) in [5.74, 6) is -0.240. The molecule has 0 aliphatic rings. The van der Waals surface area contributed by atoms with Gasteiger partial charge in [0.2, 0.25) is 0 Å². The lowest BCUT2D eigenvalue weighted by Gasteiger charge is -2.17. The highest BCUT2D eigenvalue weighted by Crippen LogP contribution is 2.14. The van der Waals surface area contributed by atoms with E-state index in [1.807, 2.05) is 0 Å². The third kappa shape index (κ3) is 5.20. The van der Waals surface area contributed by atoms with E-state index >= 15 is 0 Å². The summed E-state index contributed by atoms with van der Waals surface area (Å²) in [6, 6.07) is 6.45. The lowest BCUT2D eigenvalue weighted by molar-refractivity contribution is -0.148. The van der Waals surface area contributed by atoms with Gasteiger partial charge in [-0.3, -0.25) is 0 Å². The van der Waals surface area contributed by atoms with Crippen LogP contribution in [-0.4, -0.2) is 18.6 Å². The quantitative estimate of drug-likeness (QED) is 0.598. The third-order valence-corrected chi connectivity index (χ3v) is 1.79. The lowest BCUT2D eigenvalue weighted by Crippen LogP contribution is -2.22. The SMILES string of the molecule is [2H]C([2H])([2H])Oc1cccc(/C=C/C(=O)OC(C)(C)C)c1. The number of carbonyl (C=O) groups is 1. The van der Waals surface area contributed by atoms with Crippen molar-refractivity contribution in [2.45, 2.75) is 26.4 Å². The standard InChI is InChI=1S/C14H18O3/c1-14(2,3)17-13(15)9-8-11-6-5-7-12(10-11)16-4/h5-10H,1-4H3/b9-8+/i4D3. The van der Waals surface area contributed by atoms with Crippen LogP contribution in [0.15, 0.2) is 30.3 Å². The molecule has 17 heavy (non-hydrogen) atoms. The summed E-state index contributed by atoms with van der Waals surface area (Å²) < 4.78 is 31.0. The Labute approximate surface area is 106 Å². The second kappa shape index (κ2) is 5.53. The van der Waals surface area contributed by atoms with Crippen molar-refractivity contribution in [1.82, 2.24) is 0 Å². The van der Waals surface area contributed by atoms with Gasteiger partial charge >= 0.3 is 5.97 Å². The van der Waals surface area contributed by atoms with E-state index in [1.165, 1.54) is 18.2 Å². The van der Waals surface area contributed by atoms with Crippen LogP contribution in [0.1, 0.15) is 30.4 Å². The minimum Gasteiger partial charge on any atom is -0.497 e. The summed E-state index contributed by atoms with van der Waals surface area (Å²) in [5, 5.41) is 0. The zero-order valence-corrected chi connectivity index (χ0v) is 10.2. The number of esters is 1. The summed E-state index contributed by atoms with van der Waals surface area (Å²) in [6.45, 7) is 5.34. The Balaban J connectivity index is 2.73. The molecule has 1 aromatic carbocycles. The van der Waals surface area contributed by atoms with Gasteiger partial charge in [-0.05, 0) is 44.5 Å². The predicted molar refractivity (Wildman–Crippen MR) is 67.9 cm³/mol. The van der Waals surface area contributed by atoms with Gasteiger partial charge in [0, 0.05) is 6.08 Å². The van der Waals surface area contributed by atoms with E-state index in [-0.39, 0.29) is 5.75 Å². The van der Waals surface area contributed by atoms with Crippen molar-refractivity contribution in [1.29, 1.82) is 0 Å². The zero-order chi connectivity index (χ0) is 15.4. The molecule has 0 saturated carbocycles. The van der Waals surface area contributed by atoms with Gasteiger partial charge in [-0.25, -0.2) is 4.79 Å². The summed E-state index contributed by atoms with van der Waals surface area (Å²) in [6.07, 6.45) is 2.83. The zero-order valence-electron chi connectivity index (χ0n) is 13.2. The monoisotopic (exact) mass is 237 g/mol. The molecule has 0 aliphatic heterocycles. The fourth-order valence-electron chi connectivity index (χ4n) is 1.18. The van der Waals surface area contributed by atoms with E-state index in [2.05, 4.69) is 0 Å². The number of hydrogen-bond acceptors (Lipinski definition) is 3. The summed E-state index contributed by atoms with van der Waals surface area (Å²) in [4.78, 5) is 11.5. The second-order valence-electron chi connectivity index (χ2n) is 4.54. The Hall–Kier alpha value is -1.77. The van der Waals surface area contributed by atoms with Crippen LogP contribution < -0.4 is 4.74 Å². The van der Waals surface area contributed by atoms with Crippen molar-refractivity contribution >= 4 is 12.0 Å². The van der Waals surface area contributed by atoms with Gasteiger partial charge < -0.3 is 9.47 Å². The van der Waals surface area contributed by atoms with Gasteiger partial charge in [0.1, 0.15) is 11.4 Å². The molecule has 0 fully saturated rings. The minimum absolute atomic E-state index is 0.219. The molecular formula is C14H18O3. The summed E-state index contributed by atoms with van der Waals surface area (Å²) in [5.41, 5.74) is 0.103. The lowest BCUT2D eigenvalue weighted by atomic mass is 10.2. The maximum Gasteiger partial charge on any atom is 0.331 e. The second-order valence-corrected chi connectivity index (χ2v) is 4.54. The number of benzene rings is 1. The smallest absolute Gasteiger partial charge is 0.331 e. The van der Waals surface area contributed by atoms with E-state index in [9.17, 15) is 4.79 Å². The first kappa shape index (κ1) is 9.28. The van der Waals surface area contributed by atoms with E-state index in [4.69, 9.17) is 13.6 Å². The van der Waals surface area contributed by atoms with Crippen LogP contribution in [0.5, 0.6) is 5.75 Å². The molecule has 0 unspecified atom stereocenters. The number of carbonyl (C=O) groups excluding carboxylic acids is 1. The van der Waals surface area contributed by atoms with Gasteiger partial charge in [0.05, 0.1) is 11.2 Å². The van der Waals surface area contributed by atoms with E-state index < -0.39 is 18.6 Å². The van der Waals surface area contributed by atoms with Crippen molar-refractivity contribution in [2.75, 3.05) is 7.04 Å². The molecule has 3 heteroatoms. The molecule has 0 aliphatic carbocycles. The molecule has 0 N–H and O–H groups in total. The van der Waals surface area contributed by atoms with Gasteiger partial charge in [-0.15, -0.1) is 0 Å². The van der Waals surface area contributed by atoms with E-state index in [0.717, 1.165) is 0 Å². The Morgan fingerprint density at radius 1 is 1.41 bits per heavy atom. The maximum atomic E-state index is 11.5. The molecule has 1 aromatic rings. The minimum atomic E-state index is -2.49. The average Bonchev–Trinajstić information content (AvgIpc) is 2.22. The van der Waals surface area contributed by atoms with Crippen LogP contribution in [0.25, 0.3) is 6.08 Å². The molecule has 3 nitrogen and oxygen atoms in total. The Kier molecular flexibility index (Phi) is 3.02. The molecule has 0 spiro atoms. The number of rotatable bonds is 3. The van der Waals surface area contributed by atoms with Gasteiger partial charge in [0.25, 0.3) is 0 Å². The van der Waals surface area contributed by atoms with Crippen LogP contribution >= 0.6 is 0 Å². The predicted octanol–water partition coefficient (Wildman–Crippen LogP) is 3.05. The van der Waals surface area contributed by atoms with Gasteiger partial charge in [-0.1, -0.05) is 12.1 Å². The molecule has 1 rings (SSSR count). The highest BCUT2D eigenvalue weighted by Gasteiger charge is 2.13. The molecule has 0 bridgehead atoms. The molecule has 0 aromatic heterocycles. The highest BCUT2D eigenvalue weighted by molar-refractivity contribution is 5.87. The van der Waals surface area contributed by atoms with Crippen molar-refractivity contribution < 1.29 is 18.4 Å². The Bertz CT molecular complexity index is 499. The molecule has 0 atom stereocenters. The molecule has 0 heterocycles. The first-order valence-corrected chi connectivity index (χ1v) is 5.25. The Morgan fingerprint density at radius 3 is 2.82 bits per heavy atom. The fraction of sp³-hybridized carbons (Fsp3) is 0.357. The molecular weight excluding hydrogens is 216 g/mol. The molecule has 0 radical (unpaired) electrons. The number of methoxy groups -OCH3 is 1. The third-order valence-electron chi connectivity index (χ3n) is 1.79. The maximum absolute atomic E-state index is 11.5. The first-order valence-electron chi connectivity index (χ1n) is 6.75. The fourth-order valence-corrected chi connectivity index (χ4v) is 1.18. The number of ether oxygens (including phenoxy) is 2. The average molecular weight is 237 g/mol. The van der Waals surface area contributed by atoms with Crippen LogP contribution in [0, 0.1) is 0 Å². The van der Waals surface area contributed by atoms with Crippen molar-refractivity contribution in [3.05, 3.63) is 35.9 Å². The topological polar surface area (TPSA) is 35.5 Å². The van der Waals surface area contributed by atoms with Crippen LogP contribution in [0.2, 0.25) is 0 Å². The van der Waals surface area contributed by atoms with Crippen LogP contribution in [0.4, 0.5) is 0 Å². The van der Waals surface area contributed by atoms with Crippen molar-refractivity contribution in [3.8, 4) is 5.75 Å². The molecule has 0 amide bonds. The van der Waals surface area contributed by atoms with Crippen LogP contribution in [-0.2, 0) is 9.53 Å². The first-order chi connectivity index (χ1) is 9.05. The largest absolute Gasteiger partial charge is 0.497 e. The van der Waals surface area contributed by atoms with Gasteiger partial charge in [0.15, 0.2) is 0 Å². The normalized spacial score (nSPS) is 14.9. The highest BCUT2D eigenvalue weighted by atomic mass is 16.6. The molecule has 0 saturated heterocycles. The number of hydrogen-bond donors (Lipinski definition) is 0. The summed E-state index contributed by atoms with van der Waals surface area (Å²) >= 11 is 0. The van der Waals surface area contributed by atoms with E-state index in [1.54, 1.807) is 39.0 Å². The van der Waals surface area contributed by atoms with Crippen molar-refractivity contribution in [2.24, 2.45) is 0 Å². The van der Waals surface area contributed by atoms with Crippen LogP contribution in [0.3, 0.4) is 0 Å². The van der Waals surface area contributed by atoms with E-state index in [0.29, 0.717) is 5.56 Å².